The van der Waals surface area contributed by atoms with Crippen LogP contribution in [0.15, 0.2) is 72.8 Å². The highest BCUT2D eigenvalue weighted by molar-refractivity contribution is 5.93. The Balaban J connectivity index is 1.13. The molecule has 0 spiro atoms. The highest BCUT2D eigenvalue weighted by Gasteiger charge is 2.35. The summed E-state index contributed by atoms with van der Waals surface area (Å²) in [7, 11) is 0. The summed E-state index contributed by atoms with van der Waals surface area (Å²) in [5.74, 6) is -0.296. The van der Waals surface area contributed by atoms with Crippen molar-refractivity contribution in [2.75, 3.05) is 30.7 Å². The fourth-order valence-corrected chi connectivity index (χ4v) is 5.95. The van der Waals surface area contributed by atoms with Crippen molar-refractivity contribution in [3.63, 3.8) is 0 Å². The number of aliphatic hydroxyl groups is 2. The van der Waals surface area contributed by atoms with Gasteiger partial charge in [0, 0.05) is 44.0 Å². The van der Waals surface area contributed by atoms with Crippen LogP contribution in [-0.2, 0) is 32.2 Å². The lowest BCUT2D eigenvalue weighted by atomic mass is 9.99. The normalized spacial score (nSPS) is 21.8. The third-order valence-electron chi connectivity index (χ3n) is 8.55. The number of nitrogen functional groups attached to an aromatic ring is 1. The van der Waals surface area contributed by atoms with E-state index in [9.17, 15) is 19.8 Å². The number of carbonyl (C=O) groups excluding carboxylic acids is 2. The zero-order chi connectivity index (χ0) is 31.6. The molecule has 2 heterocycles. The van der Waals surface area contributed by atoms with E-state index in [1.807, 2.05) is 48.5 Å². The molecule has 0 saturated carbocycles. The van der Waals surface area contributed by atoms with E-state index >= 15 is 0 Å². The van der Waals surface area contributed by atoms with Gasteiger partial charge in [-0.05, 0) is 54.6 Å². The molecule has 2 aliphatic rings. The lowest BCUT2D eigenvalue weighted by molar-refractivity contribution is -0.253. The van der Waals surface area contributed by atoms with E-state index in [0.29, 0.717) is 30.8 Å². The van der Waals surface area contributed by atoms with Gasteiger partial charge in [0.15, 0.2) is 6.29 Å². The molecule has 2 aliphatic heterocycles. The zero-order valence-electron chi connectivity index (χ0n) is 25.6. The summed E-state index contributed by atoms with van der Waals surface area (Å²) in [4.78, 5) is 26.9. The first kappa shape index (κ1) is 32.6. The molecule has 2 amide bonds. The lowest BCUT2D eigenvalue weighted by Gasteiger charge is -2.38. The first-order valence-corrected chi connectivity index (χ1v) is 15.8. The molecule has 10 heteroatoms. The van der Waals surface area contributed by atoms with Gasteiger partial charge in [-0.3, -0.25) is 14.5 Å². The van der Waals surface area contributed by atoms with Gasteiger partial charge in [-0.15, -0.1) is 0 Å². The smallest absolute Gasteiger partial charge is 0.224 e. The van der Waals surface area contributed by atoms with Crippen LogP contribution in [0.2, 0.25) is 0 Å². The molecule has 3 aromatic carbocycles. The van der Waals surface area contributed by atoms with Gasteiger partial charge in [-0.2, -0.15) is 0 Å². The molecule has 5 rings (SSSR count). The van der Waals surface area contributed by atoms with Gasteiger partial charge in [0.1, 0.15) is 0 Å². The van der Waals surface area contributed by atoms with Gasteiger partial charge in [-0.1, -0.05) is 60.7 Å². The minimum absolute atomic E-state index is 0.00762. The van der Waals surface area contributed by atoms with Crippen LogP contribution >= 0.6 is 0 Å². The summed E-state index contributed by atoms with van der Waals surface area (Å²) in [5.41, 5.74) is 10.7. The van der Waals surface area contributed by atoms with Crippen molar-refractivity contribution < 1.29 is 29.3 Å². The van der Waals surface area contributed by atoms with Gasteiger partial charge in [0.05, 0.1) is 36.8 Å². The SMILES string of the molecule is Nc1ccccc1NC(=O)CCCC(=O)NCc1ccc(C2OC(CN3CCCC3CO)CC(c3ccc(CO)cc3)O2)cc1. The van der Waals surface area contributed by atoms with Crippen LogP contribution in [0.5, 0.6) is 0 Å². The minimum atomic E-state index is -0.567. The Labute approximate surface area is 264 Å². The summed E-state index contributed by atoms with van der Waals surface area (Å²) in [6.07, 6.45) is 2.83. The maximum atomic E-state index is 12.4. The Morgan fingerprint density at radius 3 is 2.33 bits per heavy atom. The number of likely N-dealkylation sites (tertiary alicyclic amines) is 1. The van der Waals surface area contributed by atoms with Crippen LogP contribution < -0.4 is 16.4 Å². The van der Waals surface area contributed by atoms with Crippen LogP contribution in [0.4, 0.5) is 11.4 Å². The zero-order valence-corrected chi connectivity index (χ0v) is 25.6. The molecule has 2 saturated heterocycles. The second kappa shape index (κ2) is 16.0. The third-order valence-corrected chi connectivity index (χ3v) is 8.55. The number of nitrogens with zero attached hydrogens (tertiary/aromatic N) is 1. The molecule has 3 aromatic rings. The molecule has 45 heavy (non-hydrogen) atoms. The van der Waals surface area contributed by atoms with Crippen molar-refractivity contribution in [1.29, 1.82) is 0 Å². The number of benzene rings is 3. The predicted octanol–water partition coefficient (Wildman–Crippen LogP) is 4.19. The summed E-state index contributed by atoms with van der Waals surface area (Å²) in [6, 6.07) is 22.9. The molecule has 0 aromatic heterocycles. The number of amides is 2. The molecule has 6 N–H and O–H groups in total. The number of para-hydroxylation sites is 2. The van der Waals surface area contributed by atoms with Gasteiger partial charge in [-0.25, -0.2) is 0 Å². The first-order chi connectivity index (χ1) is 21.9. The Hall–Kier alpha value is -3.80. The van der Waals surface area contributed by atoms with Crippen LogP contribution in [0, 0.1) is 0 Å². The van der Waals surface area contributed by atoms with E-state index in [4.69, 9.17) is 15.2 Å². The number of aliphatic hydroxyl groups excluding tert-OH is 2. The van der Waals surface area contributed by atoms with Crippen LogP contribution in [0.3, 0.4) is 0 Å². The number of carbonyl (C=O) groups is 2. The Morgan fingerprint density at radius 1 is 0.889 bits per heavy atom. The van der Waals surface area contributed by atoms with E-state index in [1.54, 1.807) is 24.3 Å². The molecule has 2 fully saturated rings. The van der Waals surface area contributed by atoms with E-state index in [-0.39, 0.29) is 56.1 Å². The maximum Gasteiger partial charge on any atom is 0.224 e. The molecular weight excluding hydrogens is 572 g/mol. The topological polar surface area (TPSA) is 146 Å². The molecule has 10 nitrogen and oxygen atoms in total. The molecule has 4 unspecified atom stereocenters. The molecule has 240 valence electrons. The lowest BCUT2D eigenvalue weighted by Crippen LogP contribution is -2.42. The number of hydrogen-bond donors (Lipinski definition) is 5. The van der Waals surface area contributed by atoms with Crippen molar-refractivity contribution in [1.82, 2.24) is 10.2 Å². The van der Waals surface area contributed by atoms with Crippen molar-refractivity contribution in [2.24, 2.45) is 0 Å². The van der Waals surface area contributed by atoms with E-state index in [1.165, 1.54) is 0 Å². The van der Waals surface area contributed by atoms with Crippen molar-refractivity contribution in [2.45, 2.75) is 76.2 Å². The monoisotopic (exact) mass is 616 g/mol. The average Bonchev–Trinajstić information content (AvgIpc) is 3.52. The second-order valence-electron chi connectivity index (χ2n) is 11.8. The summed E-state index contributed by atoms with van der Waals surface area (Å²) in [5, 5.41) is 25.0. The number of rotatable bonds is 13. The summed E-state index contributed by atoms with van der Waals surface area (Å²) >= 11 is 0. The van der Waals surface area contributed by atoms with Crippen molar-refractivity contribution >= 4 is 23.2 Å². The molecule has 0 aliphatic carbocycles. The van der Waals surface area contributed by atoms with E-state index in [2.05, 4.69) is 15.5 Å². The number of nitrogens with two attached hydrogens (primary N) is 1. The Morgan fingerprint density at radius 2 is 1.60 bits per heavy atom. The fourth-order valence-electron chi connectivity index (χ4n) is 5.95. The standard InChI is InChI=1S/C35H44N4O6/c36-30-6-1-2-7-31(30)38-34(43)9-3-8-33(42)37-20-24-10-16-27(17-11-24)35-44-29(21-39-18-4-5-28(39)23-41)19-32(45-35)26-14-12-25(22-40)13-15-26/h1-2,6-7,10-17,28-29,32,35,40-41H,3-5,8-9,18-23,36H2,(H,37,42)(H,38,43). The molecule has 0 bridgehead atoms. The van der Waals surface area contributed by atoms with Crippen LogP contribution in [0.1, 0.15) is 73.2 Å². The summed E-state index contributed by atoms with van der Waals surface area (Å²) < 4.78 is 12.9. The van der Waals surface area contributed by atoms with Crippen LogP contribution in [-0.4, -0.2) is 58.8 Å². The quantitative estimate of drug-likeness (QED) is 0.180. The van der Waals surface area contributed by atoms with Gasteiger partial charge >= 0.3 is 0 Å². The molecule has 0 radical (unpaired) electrons. The minimum Gasteiger partial charge on any atom is -0.397 e. The van der Waals surface area contributed by atoms with E-state index in [0.717, 1.165) is 48.2 Å². The van der Waals surface area contributed by atoms with Crippen molar-refractivity contribution in [3.8, 4) is 0 Å². The van der Waals surface area contributed by atoms with E-state index < -0.39 is 6.29 Å². The highest BCUT2D eigenvalue weighted by Crippen LogP contribution is 2.38. The number of nitrogens with one attached hydrogen (secondary N) is 2. The maximum absolute atomic E-state index is 12.4. The first-order valence-electron chi connectivity index (χ1n) is 15.8. The molecular formula is C35H44N4O6. The van der Waals surface area contributed by atoms with Crippen molar-refractivity contribution in [3.05, 3.63) is 95.1 Å². The summed E-state index contributed by atoms with van der Waals surface area (Å²) in [6.45, 7) is 2.19. The molecule has 4 atom stereocenters. The number of anilines is 2. The van der Waals surface area contributed by atoms with Gasteiger partial charge < -0.3 is 36.1 Å². The largest absolute Gasteiger partial charge is 0.397 e. The number of hydrogen-bond acceptors (Lipinski definition) is 8. The third kappa shape index (κ3) is 9.12. The van der Waals surface area contributed by atoms with Gasteiger partial charge in [0.25, 0.3) is 0 Å². The Kier molecular flexibility index (Phi) is 11.6. The van der Waals surface area contributed by atoms with Crippen LogP contribution in [0.25, 0.3) is 0 Å². The predicted molar refractivity (Wildman–Crippen MR) is 172 cm³/mol. The Bertz CT molecular complexity index is 1400. The van der Waals surface area contributed by atoms with Gasteiger partial charge in [0.2, 0.25) is 11.8 Å². The second-order valence-corrected chi connectivity index (χ2v) is 11.8. The average molecular weight is 617 g/mol. The fraction of sp³-hybridized carbons (Fsp3) is 0.429. The highest BCUT2D eigenvalue weighted by atomic mass is 16.7. The number of ether oxygens (including phenoxy) is 2.